The van der Waals surface area contributed by atoms with Crippen molar-refractivity contribution >= 4 is 11.6 Å². The first-order valence-corrected chi connectivity index (χ1v) is 6.65. The van der Waals surface area contributed by atoms with Gasteiger partial charge in [0, 0.05) is 23.7 Å². The third-order valence-electron chi connectivity index (χ3n) is 3.43. The summed E-state index contributed by atoms with van der Waals surface area (Å²) in [7, 11) is 2.15. The first-order chi connectivity index (χ1) is 8.10. The van der Waals surface area contributed by atoms with Gasteiger partial charge in [0.2, 0.25) is 0 Å². The maximum Gasteiger partial charge on any atom is 0.0406 e. The smallest absolute Gasteiger partial charge is 0.0406 e. The molecule has 2 unspecified atom stereocenters. The first-order valence-electron chi connectivity index (χ1n) is 6.27. The minimum atomic E-state index is 0.368. The van der Waals surface area contributed by atoms with Gasteiger partial charge < -0.3 is 5.73 Å². The molecule has 0 aromatic heterocycles. The third kappa shape index (κ3) is 3.98. The van der Waals surface area contributed by atoms with Gasteiger partial charge in [-0.15, -0.1) is 0 Å². The molecule has 1 rings (SSSR count). The molecule has 0 aliphatic rings. The van der Waals surface area contributed by atoms with E-state index in [0.29, 0.717) is 18.6 Å². The Labute approximate surface area is 110 Å². The molecule has 0 amide bonds. The van der Waals surface area contributed by atoms with Crippen LogP contribution in [0, 0.1) is 0 Å². The van der Waals surface area contributed by atoms with Gasteiger partial charge in [-0.1, -0.05) is 37.1 Å². The molecule has 2 nitrogen and oxygen atoms in total. The number of hydrogen-bond acceptors (Lipinski definition) is 2. The summed E-state index contributed by atoms with van der Waals surface area (Å²) in [5.74, 6) is 0. The summed E-state index contributed by atoms with van der Waals surface area (Å²) in [4.78, 5) is 2.35. The van der Waals surface area contributed by atoms with E-state index in [-0.39, 0.29) is 0 Å². The van der Waals surface area contributed by atoms with E-state index < -0.39 is 0 Å². The van der Waals surface area contributed by atoms with Gasteiger partial charge >= 0.3 is 0 Å². The molecule has 1 aromatic carbocycles. The number of halogens is 1. The van der Waals surface area contributed by atoms with Crippen molar-refractivity contribution in [2.75, 3.05) is 13.6 Å². The monoisotopic (exact) mass is 254 g/mol. The molecule has 17 heavy (non-hydrogen) atoms. The SMILES string of the molecule is CCCC(CN)N(C)C(C)c1ccc(Cl)cc1. The van der Waals surface area contributed by atoms with Crippen LogP contribution in [0.2, 0.25) is 5.02 Å². The summed E-state index contributed by atoms with van der Waals surface area (Å²) < 4.78 is 0. The van der Waals surface area contributed by atoms with Gasteiger partial charge in [-0.2, -0.15) is 0 Å². The maximum absolute atomic E-state index is 5.90. The molecule has 2 atom stereocenters. The Morgan fingerprint density at radius 1 is 1.29 bits per heavy atom. The van der Waals surface area contributed by atoms with Crippen molar-refractivity contribution < 1.29 is 0 Å². The summed E-state index contributed by atoms with van der Waals surface area (Å²) in [6.45, 7) is 5.12. The number of rotatable bonds is 6. The molecule has 0 radical (unpaired) electrons. The van der Waals surface area contributed by atoms with Crippen molar-refractivity contribution in [3.8, 4) is 0 Å². The highest BCUT2D eigenvalue weighted by atomic mass is 35.5. The zero-order chi connectivity index (χ0) is 12.8. The third-order valence-corrected chi connectivity index (χ3v) is 3.69. The molecule has 3 heteroatoms. The number of hydrogen-bond donors (Lipinski definition) is 1. The summed E-state index contributed by atoms with van der Waals surface area (Å²) >= 11 is 5.90. The van der Waals surface area contributed by atoms with Crippen LogP contribution in [0.3, 0.4) is 0 Å². The normalized spacial score (nSPS) is 14.9. The highest BCUT2D eigenvalue weighted by molar-refractivity contribution is 6.30. The van der Waals surface area contributed by atoms with Crippen molar-refractivity contribution in [1.29, 1.82) is 0 Å². The molecule has 1 aromatic rings. The highest BCUT2D eigenvalue weighted by Gasteiger charge is 2.18. The fraction of sp³-hybridized carbons (Fsp3) is 0.571. The summed E-state index contributed by atoms with van der Waals surface area (Å²) in [5.41, 5.74) is 7.12. The lowest BCUT2D eigenvalue weighted by Crippen LogP contribution is -2.39. The van der Waals surface area contributed by atoms with E-state index >= 15 is 0 Å². The predicted octanol–water partition coefficient (Wildman–Crippen LogP) is 3.46. The van der Waals surface area contributed by atoms with Gasteiger partial charge in [-0.25, -0.2) is 0 Å². The van der Waals surface area contributed by atoms with Gasteiger partial charge in [0.15, 0.2) is 0 Å². The Morgan fingerprint density at radius 2 is 1.88 bits per heavy atom. The molecule has 0 saturated heterocycles. The molecule has 0 aliphatic carbocycles. The van der Waals surface area contributed by atoms with E-state index in [2.05, 4.69) is 37.9 Å². The second kappa shape index (κ2) is 7.00. The molecular formula is C14H23ClN2. The Balaban J connectivity index is 2.73. The van der Waals surface area contributed by atoms with Crippen molar-refractivity contribution in [3.63, 3.8) is 0 Å². The molecule has 0 fully saturated rings. The van der Waals surface area contributed by atoms with Crippen molar-refractivity contribution in [2.24, 2.45) is 5.73 Å². The highest BCUT2D eigenvalue weighted by Crippen LogP contribution is 2.23. The maximum atomic E-state index is 5.90. The quantitative estimate of drug-likeness (QED) is 0.843. The Bertz CT molecular complexity index is 323. The first kappa shape index (κ1) is 14.5. The largest absolute Gasteiger partial charge is 0.329 e. The van der Waals surface area contributed by atoms with Crippen LogP contribution in [0.25, 0.3) is 0 Å². The molecule has 0 saturated carbocycles. The standard InChI is InChI=1S/C14H23ClN2/c1-4-5-14(10-16)17(3)11(2)12-6-8-13(15)9-7-12/h6-9,11,14H,4-5,10,16H2,1-3H3. The fourth-order valence-corrected chi connectivity index (χ4v) is 2.24. The average molecular weight is 255 g/mol. The Hall–Kier alpha value is -0.570. The van der Waals surface area contributed by atoms with Gasteiger partial charge in [0.25, 0.3) is 0 Å². The average Bonchev–Trinajstić information content (AvgIpc) is 2.35. The van der Waals surface area contributed by atoms with E-state index in [4.69, 9.17) is 17.3 Å². The Morgan fingerprint density at radius 3 is 2.35 bits per heavy atom. The molecule has 0 spiro atoms. The minimum Gasteiger partial charge on any atom is -0.329 e. The minimum absolute atomic E-state index is 0.368. The number of nitrogens with two attached hydrogens (primary N) is 1. The van der Waals surface area contributed by atoms with Crippen LogP contribution >= 0.6 is 11.6 Å². The van der Waals surface area contributed by atoms with Crippen LogP contribution in [-0.4, -0.2) is 24.5 Å². The van der Waals surface area contributed by atoms with Crippen LogP contribution in [0.5, 0.6) is 0 Å². The van der Waals surface area contributed by atoms with Crippen LogP contribution in [0.4, 0.5) is 0 Å². The number of nitrogens with zero attached hydrogens (tertiary/aromatic N) is 1. The predicted molar refractivity (Wildman–Crippen MR) is 75.4 cm³/mol. The lowest BCUT2D eigenvalue weighted by Gasteiger charge is -2.32. The van der Waals surface area contributed by atoms with E-state index in [1.165, 1.54) is 12.0 Å². The van der Waals surface area contributed by atoms with Crippen LogP contribution in [0.1, 0.15) is 38.3 Å². The molecule has 0 bridgehead atoms. The molecular weight excluding hydrogens is 232 g/mol. The van der Waals surface area contributed by atoms with Crippen molar-refractivity contribution in [3.05, 3.63) is 34.9 Å². The van der Waals surface area contributed by atoms with E-state index in [1.807, 2.05) is 12.1 Å². The van der Waals surface area contributed by atoms with E-state index in [0.717, 1.165) is 11.4 Å². The van der Waals surface area contributed by atoms with Gasteiger partial charge in [0.05, 0.1) is 0 Å². The van der Waals surface area contributed by atoms with Gasteiger partial charge in [0.1, 0.15) is 0 Å². The number of benzene rings is 1. The van der Waals surface area contributed by atoms with Crippen LogP contribution in [-0.2, 0) is 0 Å². The zero-order valence-corrected chi connectivity index (χ0v) is 11.7. The molecule has 2 N–H and O–H groups in total. The van der Waals surface area contributed by atoms with Crippen LogP contribution in [0.15, 0.2) is 24.3 Å². The van der Waals surface area contributed by atoms with Crippen LogP contribution < -0.4 is 5.73 Å². The van der Waals surface area contributed by atoms with Gasteiger partial charge in [-0.05, 0) is 38.1 Å². The molecule has 96 valence electrons. The second-order valence-electron chi connectivity index (χ2n) is 4.57. The lowest BCUT2D eigenvalue weighted by atomic mass is 10.0. The van der Waals surface area contributed by atoms with Crippen molar-refractivity contribution in [1.82, 2.24) is 4.90 Å². The number of likely N-dealkylation sites (N-methyl/N-ethyl adjacent to an activating group) is 1. The topological polar surface area (TPSA) is 29.3 Å². The molecule has 0 aliphatic heterocycles. The summed E-state index contributed by atoms with van der Waals surface area (Å²) in [5, 5.41) is 0.785. The van der Waals surface area contributed by atoms with E-state index in [9.17, 15) is 0 Å². The lowest BCUT2D eigenvalue weighted by molar-refractivity contribution is 0.179. The molecule has 0 heterocycles. The van der Waals surface area contributed by atoms with Crippen molar-refractivity contribution in [2.45, 2.75) is 38.8 Å². The summed E-state index contributed by atoms with van der Waals surface area (Å²) in [6.07, 6.45) is 2.31. The Kier molecular flexibility index (Phi) is 5.96. The van der Waals surface area contributed by atoms with Gasteiger partial charge in [-0.3, -0.25) is 4.90 Å². The summed E-state index contributed by atoms with van der Waals surface area (Å²) in [6, 6.07) is 8.88. The fourth-order valence-electron chi connectivity index (χ4n) is 2.11. The zero-order valence-electron chi connectivity index (χ0n) is 11.0. The second-order valence-corrected chi connectivity index (χ2v) is 5.01. The van der Waals surface area contributed by atoms with E-state index in [1.54, 1.807) is 0 Å².